The Balaban J connectivity index is 1.76. The van der Waals surface area contributed by atoms with Crippen molar-refractivity contribution in [3.63, 3.8) is 0 Å². The second-order valence-corrected chi connectivity index (χ2v) is 6.01. The van der Waals surface area contributed by atoms with Crippen LogP contribution in [-0.2, 0) is 0 Å². The topological polar surface area (TPSA) is 76.1 Å². The highest BCUT2D eigenvalue weighted by Gasteiger charge is 2.17. The number of ether oxygens (including phenoxy) is 1. The number of furan rings is 1. The van der Waals surface area contributed by atoms with Crippen LogP contribution in [0.2, 0.25) is 0 Å². The van der Waals surface area contributed by atoms with Crippen LogP contribution in [-0.4, -0.2) is 11.0 Å². The first-order valence-electron chi connectivity index (χ1n) is 8.33. The molecule has 5 heteroatoms. The molecule has 2 aromatic heterocycles. The van der Waals surface area contributed by atoms with E-state index in [2.05, 4.69) is 4.98 Å². The number of carbonyl (C=O) groups is 1. The van der Waals surface area contributed by atoms with E-state index in [0.717, 1.165) is 5.76 Å². The molecule has 5 nitrogen and oxygen atoms in total. The molecule has 0 saturated heterocycles. The number of benzene rings is 2. The minimum atomic E-state index is -0.497. The van der Waals surface area contributed by atoms with Crippen molar-refractivity contribution in [2.75, 3.05) is 0 Å². The maximum Gasteiger partial charge on any atom is 0.344 e. The molecule has 4 aromatic rings. The normalized spacial score (nSPS) is 10.5. The molecule has 0 aliphatic heterocycles. The Bertz CT molecular complexity index is 1180. The summed E-state index contributed by atoms with van der Waals surface area (Å²) in [6, 6.07) is 21.1. The van der Waals surface area contributed by atoms with Crippen LogP contribution >= 0.6 is 0 Å². The van der Waals surface area contributed by atoms with Crippen LogP contribution < -0.4 is 4.74 Å². The van der Waals surface area contributed by atoms with E-state index < -0.39 is 5.97 Å². The monoisotopic (exact) mass is 354 g/mol. The van der Waals surface area contributed by atoms with Gasteiger partial charge in [0.2, 0.25) is 0 Å². The van der Waals surface area contributed by atoms with E-state index in [4.69, 9.17) is 14.4 Å². The van der Waals surface area contributed by atoms with Gasteiger partial charge in [-0.25, -0.2) is 9.78 Å². The van der Waals surface area contributed by atoms with Gasteiger partial charge >= 0.3 is 5.97 Å². The molecule has 0 aliphatic carbocycles. The average molecular weight is 354 g/mol. The van der Waals surface area contributed by atoms with E-state index in [1.165, 1.54) is 0 Å². The molecular formula is C22H14N2O3. The zero-order valence-electron chi connectivity index (χ0n) is 14.5. The number of aromatic nitrogens is 1. The van der Waals surface area contributed by atoms with E-state index in [0.29, 0.717) is 39.2 Å². The van der Waals surface area contributed by atoms with E-state index in [-0.39, 0.29) is 0 Å². The molecule has 0 N–H and O–H groups in total. The van der Waals surface area contributed by atoms with Gasteiger partial charge in [0.05, 0.1) is 22.7 Å². The largest absolute Gasteiger partial charge is 0.460 e. The van der Waals surface area contributed by atoms with Crippen molar-refractivity contribution in [3.05, 3.63) is 83.6 Å². The minimum Gasteiger partial charge on any atom is -0.460 e. The fourth-order valence-electron chi connectivity index (χ4n) is 2.80. The fourth-order valence-corrected chi connectivity index (χ4v) is 2.80. The highest BCUT2D eigenvalue weighted by molar-refractivity contribution is 6.05. The van der Waals surface area contributed by atoms with Gasteiger partial charge in [-0.2, -0.15) is 5.26 Å². The van der Waals surface area contributed by atoms with Gasteiger partial charge in [0, 0.05) is 5.39 Å². The SMILES string of the molecule is Cc1ccc(-c2cc(C(=O)Oc3ccc(C#N)cc3)c3ccccc3n2)o1. The molecule has 0 spiro atoms. The Kier molecular flexibility index (Phi) is 4.15. The van der Waals surface area contributed by atoms with Gasteiger partial charge in [0.1, 0.15) is 17.2 Å². The van der Waals surface area contributed by atoms with E-state index in [1.807, 2.05) is 49.4 Å². The number of nitrogens with zero attached hydrogens (tertiary/aromatic N) is 2. The molecule has 0 unspecified atom stereocenters. The third kappa shape index (κ3) is 3.29. The van der Waals surface area contributed by atoms with Gasteiger partial charge in [-0.1, -0.05) is 18.2 Å². The van der Waals surface area contributed by atoms with Crippen molar-refractivity contribution in [1.29, 1.82) is 5.26 Å². The minimum absolute atomic E-state index is 0.371. The summed E-state index contributed by atoms with van der Waals surface area (Å²) in [7, 11) is 0. The standard InChI is InChI=1S/C22H14N2O3/c1-14-6-11-21(26-14)20-12-18(17-4-2-3-5-19(17)24-20)22(25)27-16-9-7-15(13-23)8-10-16/h2-12H,1H3. The summed E-state index contributed by atoms with van der Waals surface area (Å²) in [4.78, 5) is 17.4. The maximum absolute atomic E-state index is 12.8. The highest BCUT2D eigenvalue weighted by atomic mass is 16.5. The second kappa shape index (κ2) is 6.77. The van der Waals surface area contributed by atoms with Crippen LogP contribution in [0.25, 0.3) is 22.4 Å². The van der Waals surface area contributed by atoms with Gasteiger partial charge in [-0.05, 0) is 55.5 Å². The summed E-state index contributed by atoms with van der Waals surface area (Å²) in [6.07, 6.45) is 0. The summed E-state index contributed by atoms with van der Waals surface area (Å²) in [6.45, 7) is 1.85. The number of esters is 1. The van der Waals surface area contributed by atoms with Crippen molar-refractivity contribution in [2.24, 2.45) is 0 Å². The summed E-state index contributed by atoms with van der Waals surface area (Å²) in [5.74, 6) is 1.23. The van der Waals surface area contributed by atoms with Gasteiger partial charge in [-0.15, -0.1) is 0 Å². The molecule has 0 radical (unpaired) electrons. The third-order valence-corrected chi connectivity index (χ3v) is 4.12. The lowest BCUT2D eigenvalue weighted by Gasteiger charge is -2.09. The van der Waals surface area contributed by atoms with Crippen molar-refractivity contribution in [2.45, 2.75) is 6.92 Å². The first-order valence-corrected chi connectivity index (χ1v) is 8.33. The van der Waals surface area contributed by atoms with Crippen molar-refractivity contribution < 1.29 is 13.9 Å². The van der Waals surface area contributed by atoms with Gasteiger partial charge in [0.25, 0.3) is 0 Å². The quantitative estimate of drug-likeness (QED) is 0.386. The zero-order chi connectivity index (χ0) is 18.8. The Hall–Kier alpha value is -3.91. The summed E-state index contributed by atoms with van der Waals surface area (Å²) < 4.78 is 11.1. The molecule has 0 saturated carbocycles. The third-order valence-electron chi connectivity index (χ3n) is 4.12. The first kappa shape index (κ1) is 16.6. The van der Waals surface area contributed by atoms with Crippen LogP contribution in [0, 0.1) is 18.3 Å². The van der Waals surface area contributed by atoms with E-state index >= 15 is 0 Å². The number of nitriles is 1. The summed E-state index contributed by atoms with van der Waals surface area (Å²) >= 11 is 0. The molecule has 0 bridgehead atoms. The number of aryl methyl sites for hydroxylation is 1. The maximum atomic E-state index is 12.8. The number of pyridine rings is 1. The Morgan fingerprint density at radius 3 is 2.56 bits per heavy atom. The van der Waals surface area contributed by atoms with Crippen LogP contribution in [0.3, 0.4) is 0 Å². The molecule has 27 heavy (non-hydrogen) atoms. The zero-order valence-corrected chi connectivity index (χ0v) is 14.5. The van der Waals surface area contributed by atoms with E-state index in [1.54, 1.807) is 30.3 Å². The predicted molar refractivity (Wildman–Crippen MR) is 100 cm³/mol. The molecule has 0 amide bonds. The number of carbonyl (C=O) groups excluding carboxylic acids is 1. The lowest BCUT2D eigenvalue weighted by atomic mass is 10.1. The molecule has 0 fully saturated rings. The predicted octanol–water partition coefficient (Wildman–Crippen LogP) is 4.89. The number of para-hydroxylation sites is 1. The van der Waals surface area contributed by atoms with Crippen molar-refractivity contribution in [3.8, 4) is 23.3 Å². The van der Waals surface area contributed by atoms with Crippen LogP contribution in [0.5, 0.6) is 5.75 Å². The molecule has 2 aromatic carbocycles. The Labute approximate surface area is 155 Å². The molecule has 0 atom stereocenters. The lowest BCUT2D eigenvalue weighted by Crippen LogP contribution is -2.10. The number of fused-ring (bicyclic) bond motifs is 1. The fraction of sp³-hybridized carbons (Fsp3) is 0.0455. The number of hydrogen-bond acceptors (Lipinski definition) is 5. The van der Waals surface area contributed by atoms with Gasteiger partial charge in [0.15, 0.2) is 5.76 Å². The van der Waals surface area contributed by atoms with Gasteiger partial charge < -0.3 is 9.15 Å². The molecule has 130 valence electrons. The smallest absolute Gasteiger partial charge is 0.344 e. The molecular weight excluding hydrogens is 340 g/mol. The highest BCUT2D eigenvalue weighted by Crippen LogP contribution is 2.27. The van der Waals surface area contributed by atoms with E-state index in [9.17, 15) is 4.79 Å². The van der Waals surface area contributed by atoms with Gasteiger partial charge in [-0.3, -0.25) is 0 Å². The number of hydrogen-bond donors (Lipinski definition) is 0. The molecule has 0 aliphatic rings. The van der Waals surface area contributed by atoms with Crippen LogP contribution in [0.15, 0.2) is 71.1 Å². The first-order chi connectivity index (χ1) is 13.1. The van der Waals surface area contributed by atoms with Crippen LogP contribution in [0.4, 0.5) is 0 Å². The Morgan fingerprint density at radius 2 is 1.85 bits per heavy atom. The second-order valence-electron chi connectivity index (χ2n) is 6.01. The average Bonchev–Trinajstić information content (AvgIpc) is 3.14. The van der Waals surface area contributed by atoms with Crippen molar-refractivity contribution in [1.82, 2.24) is 4.98 Å². The summed E-state index contributed by atoms with van der Waals surface area (Å²) in [5.41, 5.74) is 2.14. The molecule has 2 heterocycles. The molecule has 4 rings (SSSR count). The number of rotatable bonds is 3. The van der Waals surface area contributed by atoms with Crippen molar-refractivity contribution >= 4 is 16.9 Å². The Morgan fingerprint density at radius 1 is 1.07 bits per heavy atom. The lowest BCUT2D eigenvalue weighted by molar-refractivity contribution is 0.0737. The van der Waals surface area contributed by atoms with Crippen LogP contribution in [0.1, 0.15) is 21.7 Å². The summed E-state index contributed by atoms with van der Waals surface area (Å²) in [5, 5.41) is 9.57.